The molecule has 0 aliphatic heterocycles. The van der Waals surface area contributed by atoms with E-state index in [1.54, 1.807) is 18.1 Å². The molecular formula is C16H15N3S. The molecule has 0 saturated carbocycles. The van der Waals surface area contributed by atoms with Gasteiger partial charge in [-0.25, -0.2) is 0 Å². The number of thioether (sulfide) groups is 1. The molecule has 2 aromatic carbocycles. The Morgan fingerprint density at radius 2 is 1.75 bits per heavy atom. The van der Waals surface area contributed by atoms with E-state index in [-0.39, 0.29) is 0 Å². The molecule has 3 nitrogen and oxygen atoms in total. The molecular weight excluding hydrogens is 266 g/mol. The summed E-state index contributed by atoms with van der Waals surface area (Å²) in [6, 6.07) is 18.7. The number of benzene rings is 2. The number of aryl methyl sites for hydroxylation is 1. The number of hydrogen-bond donors (Lipinski definition) is 0. The molecule has 1 heterocycles. The highest BCUT2D eigenvalue weighted by Crippen LogP contribution is 2.23. The van der Waals surface area contributed by atoms with Gasteiger partial charge in [-0.2, -0.15) is 0 Å². The highest BCUT2D eigenvalue weighted by atomic mass is 32.2. The molecule has 0 radical (unpaired) electrons. The average Bonchev–Trinajstić information content (AvgIpc) is 2.96. The topological polar surface area (TPSA) is 30.7 Å². The molecule has 0 aliphatic rings. The molecule has 0 amide bonds. The monoisotopic (exact) mass is 281 g/mol. The Bertz CT molecular complexity index is 674. The van der Waals surface area contributed by atoms with Gasteiger partial charge in [-0.1, -0.05) is 59.8 Å². The number of hydrogen-bond acceptors (Lipinski definition) is 3. The van der Waals surface area contributed by atoms with Crippen LogP contribution in [0.25, 0.3) is 5.69 Å². The molecule has 0 unspecified atom stereocenters. The summed E-state index contributed by atoms with van der Waals surface area (Å²) < 4.78 is 2.01. The molecule has 1 aromatic heterocycles. The first-order valence-electron chi connectivity index (χ1n) is 6.47. The normalized spacial score (nSPS) is 10.7. The van der Waals surface area contributed by atoms with Crippen LogP contribution in [-0.2, 0) is 5.75 Å². The first-order chi connectivity index (χ1) is 9.83. The maximum Gasteiger partial charge on any atom is 0.195 e. The standard InChI is InChI=1S/C16H15N3S/c1-13-7-9-14(10-8-13)11-20-16-18-17-12-19(16)15-5-3-2-4-6-15/h2-10,12H,11H2,1H3. The summed E-state index contributed by atoms with van der Waals surface area (Å²) in [5, 5.41) is 9.13. The molecule has 0 atom stereocenters. The first-order valence-corrected chi connectivity index (χ1v) is 7.45. The molecule has 0 spiro atoms. The van der Waals surface area contributed by atoms with Crippen LogP contribution in [0.4, 0.5) is 0 Å². The van der Waals surface area contributed by atoms with Crippen molar-refractivity contribution in [3.05, 3.63) is 72.1 Å². The lowest BCUT2D eigenvalue weighted by Gasteiger charge is -2.06. The fourth-order valence-electron chi connectivity index (χ4n) is 1.92. The van der Waals surface area contributed by atoms with Crippen LogP contribution < -0.4 is 0 Å². The Morgan fingerprint density at radius 3 is 2.50 bits per heavy atom. The minimum Gasteiger partial charge on any atom is -0.277 e. The smallest absolute Gasteiger partial charge is 0.195 e. The van der Waals surface area contributed by atoms with Gasteiger partial charge in [-0.05, 0) is 24.6 Å². The predicted molar refractivity (Wildman–Crippen MR) is 82.1 cm³/mol. The molecule has 20 heavy (non-hydrogen) atoms. The van der Waals surface area contributed by atoms with Crippen LogP contribution in [0, 0.1) is 6.92 Å². The van der Waals surface area contributed by atoms with Crippen molar-refractivity contribution in [1.29, 1.82) is 0 Å². The van der Waals surface area contributed by atoms with Crippen molar-refractivity contribution in [1.82, 2.24) is 14.8 Å². The minimum absolute atomic E-state index is 0.895. The van der Waals surface area contributed by atoms with Gasteiger partial charge < -0.3 is 0 Å². The van der Waals surface area contributed by atoms with Gasteiger partial charge in [0.15, 0.2) is 5.16 Å². The average molecular weight is 281 g/mol. The molecule has 0 bridgehead atoms. The maximum absolute atomic E-state index is 4.20. The second-order valence-electron chi connectivity index (χ2n) is 4.59. The lowest BCUT2D eigenvalue weighted by atomic mass is 10.2. The van der Waals surface area contributed by atoms with Crippen LogP contribution in [0.5, 0.6) is 0 Å². The van der Waals surface area contributed by atoms with Crippen molar-refractivity contribution in [3.63, 3.8) is 0 Å². The van der Waals surface area contributed by atoms with Crippen LogP contribution in [0.2, 0.25) is 0 Å². The minimum atomic E-state index is 0.895. The van der Waals surface area contributed by atoms with E-state index in [1.165, 1.54) is 11.1 Å². The molecule has 3 rings (SSSR count). The number of aromatic nitrogens is 3. The molecule has 0 N–H and O–H groups in total. The van der Waals surface area contributed by atoms with E-state index >= 15 is 0 Å². The van der Waals surface area contributed by atoms with Gasteiger partial charge in [0.2, 0.25) is 0 Å². The Hall–Kier alpha value is -2.07. The highest BCUT2D eigenvalue weighted by Gasteiger charge is 2.06. The SMILES string of the molecule is Cc1ccc(CSc2nncn2-c2ccccc2)cc1. The van der Waals surface area contributed by atoms with Crippen LogP contribution >= 0.6 is 11.8 Å². The summed E-state index contributed by atoms with van der Waals surface area (Å²) in [4.78, 5) is 0. The van der Waals surface area contributed by atoms with Crippen molar-refractivity contribution < 1.29 is 0 Å². The summed E-state index contributed by atoms with van der Waals surface area (Å²) >= 11 is 1.70. The third kappa shape index (κ3) is 2.91. The quantitative estimate of drug-likeness (QED) is 0.680. The van der Waals surface area contributed by atoms with Crippen molar-refractivity contribution in [2.24, 2.45) is 0 Å². The first kappa shape index (κ1) is 12.9. The maximum atomic E-state index is 4.20. The Kier molecular flexibility index (Phi) is 3.83. The predicted octanol–water partition coefficient (Wildman–Crippen LogP) is 3.87. The van der Waals surface area contributed by atoms with Crippen molar-refractivity contribution >= 4 is 11.8 Å². The largest absolute Gasteiger partial charge is 0.277 e. The molecule has 3 aromatic rings. The number of nitrogens with zero attached hydrogens (tertiary/aromatic N) is 3. The zero-order valence-electron chi connectivity index (χ0n) is 11.2. The lowest BCUT2D eigenvalue weighted by molar-refractivity contribution is 0.884. The Balaban J connectivity index is 1.76. The lowest BCUT2D eigenvalue weighted by Crippen LogP contribution is -1.94. The number of rotatable bonds is 4. The molecule has 0 saturated heterocycles. The van der Waals surface area contributed by atoms with E-state index in [1.807, 2.05) is 22.8 Å². The van der Waals surface area contributed by atoms with Gasteiger partial charge in [0.1, 0.15) is 6.33 Å². The summed E-state index contributed by atoms with van der Waals surface area (Å²) in [5.41, 5.74) is 3.67. The fourth-order valence-corrected chi connectivity index (χ4v) is 2.81. The van der Waals surface area contributed by atoms with E-state index in [4.69, 9.17) is 0 Å². The van der Waals surface area contributed by atoms with E-state index in [0.717, 1.165) is 16.6 Å². The zero-order chi connectivity index (χ0) is 13.8. The van der Waals surface area contributed by atoms with Crippen LogP contribution in [0.3, 0.4) is 0 Å². The van der Waals surface area contributed by atoms with Gasteiger partial charge in [0.25, 0.3) is 0 Å². The fraction of sp³-hybridized carbons (Fsp3) is 0.125. The van der Waals surface area contributed by atoms with Gasteiger partial charge in [0, 0.05) is 11.4 Å². The summed E-state index contributed by atoms with van der Waals surface area (Å²) in [6.45, 7) is 2.10. The third-order valence-electron chi connectivity index (χ3n) is 3.04. The summed E-state index contributed by atoms with van der Waals surface area (Å²) in [7, 11) is 0. The van der Waals surface area contributed by atoms with Crippen LogP contribution in [-0.4, -0.2) is 14.8 Å². The van der Waals surface area contributed by atoms with E-state index in [0.29, 0.717) is 0 Å². The van der Waals surface area contributed by atoms with Gasteiger partial charge in [-0.15, -0.1) is 10.2 Å². The van der Waals surface area contributed by atoms with E-state index in [9.17, 15) is 0 Å². The van der Waals surface area contributed by atoms with E-state index < -0.39 is 0 Å². The Morgan fingerprint density at radius 1 is 1.00 bits per heavy atom. The van der Waals surface area contributed by atoms with E-state index in [2.05, 4.69) is 53.5 Å². The number of para-hydroxylation sites is 1. The van der Waals surface area contributed by atoms with Gasteiger partial charge in [-0.3, -0.25) is 4.57 Å². The highest BCUT2D eigenvalue weighted by molar-refractivity contribution is 7.98. The molecule has 0 fully saturated rings. The Labute approximate surface area is 122 Å². The molecule has 0 aliphatic carbocycles. The van der Waals surface area contributed by atoms with Crippen LogP contribution in [0.1, 0.15) is 11.1 Å². The van der Waals surface area contributed by atoms with Gasteiger partial charge >= 0.3 is 0 Å². The third-order valence-corrected chi connectivity index (χ3v) is 4.05. The summed E-state index contributed by atoms with van der Waals surface area (Å²) in [6.07, 6.45) is 1.76. The molecule has 4 heteroatoms. The van der Waals surface area contributed by atoms with Crippen molar-refractivity contribution in [2.45, 2.75) is 17.8 Å². The van der Waals surface area contributed by atoms with Crippen LogP contribution in [0.15, 0.2) is 66.1 Å². The van der Waals surface area contributed by atoms with Crippen molar-refractivity contribution in [3.8, 4) is 5.69 Å². The second-order valence-corrected chi connectivity index (χ2v) is 5.54. The molecule has 100 valence electrons. The summed E-state index contributed by atoms with van der Waals surface area (Å²) in [5.74, 6) is 0.895. The van der Waals surface area contributed by atoms with Gasteiger partial charge in [0.05, 0.1) is 0 Å². The van der Waals surface area contributed by atoms with Crippen molar-refractivity contribution in [2.75, 3.05) is 0 Å². The second kappa shape index (κ2) is 5.92. The zero-order valence-corrected chi connectivity index (χ0v) is 12.0.